The Labute approximate surface area is 154 Å². The standard InChI is InChI=1S/C17H18IN3O3/c1-2-24-16-9-12(7-8-19-16)10-20-15(22)11-21-17(23)13-5-3-4-6-14(13)18/h3-9H,2,10-11H2,1H3,(H,20,22)(H,21,23). The van der Waals surface area contributed by atoms with Crippen molar-refractivity contribution in [3.63, 3.8) is 0 Å². The minimum absolute atomic E-state index is 0.0762. The molecule has 6 nitrogen and oxygen atoms in total. The molecule has 7 heteroatoms. The average molecular weight is 439 g/mol. The van der Waals surface area contributed by atoms with E-state index in [1.54, 1.807) is 30.5 Å². The Morgan fingerprint density at radius 2 is 2.00 bits per heavy atom. The molecule has 0 spiro atoms. The van der Waals surface area contributed by atoms with Crippen molar-refractivity contribution in [2.45, 2.75) is 13.5 Å². The van der Waals surface area contributed by atoms with Gasteiger partial charge in [0.05, 0.1) is 18.7 Å². The van der Waals surface area contributed by atoms with Gasteiger partial charge in [-0.1, -0.05) is 12.1 Å². The molecule has 1 heterocycles. The smallest absolute Gasteiger partial charge is 0.252 e. The summed E-state index contributed by atoms with van der Waals surface area (Å²) in [6.45, 7) is 2.69. The van der Waals surface area contributed by atoms with Gasteiger partial charge in [0.25, 0.3) is 5.91 Å². The molecule has 0 aliphatic heterocycles. The van der Waals surface area contributed by atoms with E-state index in [2.05, 4.69) is 38.2 Å². The molecule has 2 rings (SSSR count). The molecule has 0 saturated carbocycles. The van der Waals surface area contributed by atoms with E-state index in [0.29, 0.717) is 24.6 Å². The van der Waals surface area contributed by atoms with Crippen LogP contribution in [0.1, 0.15) is 22.8 Å². The normalized spacial score (nSPS) is 10.1. The number of ether oxygens (including phenoxy) is 1. The summed E-state index contributed by atoms with van der Waals surface area (Å²) in [5, 5.41) is 5.37. The molecule has 2 aromatic rings. The molecule has 2 amide bonds. The summed E-state index contributed by atoms with van der Waals surface area (Å²) in [5.74, 6) is -0.00189. The van der Waals surface area contributed by atoms with Crippen LogP contribution < -0.4 is 15.4 Å². The van der Waals surface area contributed by atoms with Gasteiger partial charge >= 0.3 is 0 Å². The maximum atomic E-state index is 12.0. The highest BCUT2D eigenvalue weighted by molar-refractivity contribution is 14.1. The zero-order valence-corrected chi connectivity index (χ0v) is 15.4. The number of benzene rings is 1. The molecular weight excluding hydrogens is 421 g/mol. The topological polar surface area (TPSA) is 80.3 Å². The summed E-state index contributed by atoms with van der Waals surface area (Å²) in [4.78, 5) is 28.0. The largest absolute Gasteiger partial charge is 0.478 e. The highest BCUT2D eigenvalue weighted by Crippen LogP contribution is 2.11. The van der Waals surface area contributed by atoms with Crippen LogP contribution in [0.2, 0.25) is 0 Å². The monoisotopic (exact) mass is 439 g/mol. The number of hydrogen-bond donors (Lipinski definition) is 2. The maximum absolute atomic E-state index is 12.0. The van der Waals surface area contributed by atoms with Gasteiger partial charge in [0.1, 0.15) is 0 Å². The summed E-state index contributed by atoms with van der Waals surface area (Å²) in [5.41, 5.74) is 1.44. The molecule has 1 aromatic heterocycles. The van der Waals surface area contributed by atoms with E-state index in [1.165, 1.54) is 0 Å². The number of aromatic nitrogens is 1. The molecule has 0 bridgehead atoms. The third-order valence-corrected chi connectivity index (χ3v) is 4.05. The van der Waals surface area contributed by atoms with Crippen molar-refractivity contribution in [3.8, 4) is 5.88 Å². The van der Waals surface area contributed by atoms with Crippen molar-refractivity contribution in [2.75, 3.05) is 13.2 Å². The van der Waals surface area contributed by atoms with E-state index in [-0.39, 0.29) is 18.4 Å². The Balaban J connectivity index is 1.80. The first-order valence-electron chi connectivity index (χ1n) is 7.47. The van der Waals surface area contributed by atoms with Crippen LogP contribution in [0.25, 0.3) is 0 Å². The molecule has 0 aliphatic rings. The first-order valence-corrected chi connectivity index (χ1v) is 8.55. The molecule has 2 N–H and O–H groups in total. The lowest BCUT2D eigenvalue weighted by atomic mass is 10.2. The number of nitrogens with zero attached hydrogens (tertiary/aromatic N) is 1. The second-order valence-electron chi connectivity index (χ2n) is 4.87. The zero-order valence-electron chi connectivity index (χ0n) is 13.2. The van der Waals surface area contributed by atoms with Crippen LogP contribution in [0.3, 0.4) is 0 Å². The number of pyridine rings is 1. The van der Waals surface area contributed by atoms with Crippen molar-refractivity contribution >= 4 is 34.4 Å². The van der Waals surface area contributed by atoms with E-state index in [1.807, 2.05) is 19.1 Å². The fraction of sp³-hybridized carbons (Fsp3) is 0.235. The van der Waals surface area contributed by atoms with Crippen LogP contribution in [0.5, 0.6) is 5.88 Å². The quantitative estimate of drug-likeness (QED) is 0.648. The number of carbonyl (C=O) groups excluding carboxylic acids is 2. The third kappa shape index (κ3) is 5.48. The van der Waals surface area contributed by atoms with Gasteiger partial charge in [-0.05, 0) is 53.3 Å². The zero-order chi connectivity index (χ0) is 17.4. The van der Waals surface area contributed by atoms with Gasteiger partial charge in [0, 0.05) is 22.4 Å². The molecule has 1 aromatic carbocycles. The van der Waals surface area contributed by atoms with Gasteiger partial charge in [-0.2, -0.15) is 0 Å². The lowest BCUT2D eigenvalue weighted by Gasteiger charge is -2.09. The second-order valence-corrected chi connectivity index (χ2v) is 6.04. The van der Waals surface area contributed by atoms with Crippen LogP contribution >= 0.6 is 22.6 Å². The van der Waals surface area contributed by atoms with Gasteiger partial charge in [-0.25, -0.2) is 4.98 Å². The Bertz CT molecular complexity index is 722. The Morgan fingerprint density at radius 3 is 2.75 bits per heavy atom. The molecule has 0 saturated heterocycles. The summed E-state index contributed by atoms with van der Waals surface area (Å²) < 4.78 is 6.15. The highest BCUT2D eigenvalue weighted by Gasteiger charge is 2.10. The Kier molecular flexibility index (Phi) is 6.98. The molecule has 24 heavy (non-hydrogen) atoms. The maximum Gasteiger partial charge on any atom is 0.252 e. The van der Waals surface area contributed by atoms with Gasteiger partial charge in [0.15, 0.2) is 0 Å². The number of carbonyl (C=O) groups is 2. The fourth-order valence-electron chi connectivity index (χ4n) is 1.95. The molecular formula is C17H18IN3O3. The molecule has 0 aliphatic carbocycles. The summed E-state index contributed by atoms with van der Waals surface area (Å²) in [6.07, 6.45) is 1.63. The van der Waals surface area contributed by atoms with Crippen molar-refractivity contribution in [3.05, 3.63) is 57.3 Å². The molecule has 0 fully saturated rings. The molecule has 0 radical (unpaired) electrons. The molecule has 0 unspecified atom stereocenters. The predicted octanol–water partition coefficient (Wildman–Crippen LogP) is 2.13. The van der Waals surface area contributed by atoms with Crippen LogP contribution in [0.15, 0.2) is 42.6 Å². The van der Waals surface area contributed by atoms with Crippen LogP contribution in [0, 0.1) is 3.57 Å². The summed E-state index contributed by atoms with van der Waals surface area (Å²) in [6, 6.07) is 10.8. The Morgan fingerprint density at radius 1 is 1.21 bits per heavy atom. The van der Waals surface area contributed by atoms with Crippen molar-refractivity contribution in [2.24, 2.45) is 0 Å². The Hall–Kier alpha value is -2.16. The first-order chi connectivity index (χ1) is 11.6. The number of hydrogen-bond acceptors (Lipinski definition) is 4. The van der Waals surface area contributed by atoms with E-state index in [0.717, 1.165) is 9.13 Å². The SMILES string of the molecule is CCOc1cc(CNC(=O)CNC(=O)c2ccccc2I)ccn1. The van der Waals surface area contributed by atoms with E-state index in [9.17, 15) is 9.59 Å². The van der Waals surface area contributed by atoms with Crippen LogP contribution in [-0.2, 0) is 11.3 Å². The minimum atomic E-state index is -0.266. The number of amides is 2. The third-order valence-electron chi connectivity index (χ3n) is 3.11. The first kappa shape index (κ1) is 18.2. The van der Waals surface area contributed by atoms with Gasteiger partial charge in [0.2, 0.25) is 11.8 Å². The summed E-state index contributed by atoms with van der Waals surface area (Å²) >= 11 is 2.09. The van der Waals surface area contributed by atoms with Crippen molar-refractivity contribution in [1.82, 2.24) is 15.6 Å². The minimum Gasteiger partial charge on any atom is -0.478 e. The van der Waals surface area contributed by atoms with Gasteiger partial charge in [-0.3, -0.25) is 9.59 Å². The summed E-state index contributed by atoms with van der Waals surface area (Å²) in [7, 11) is 0. The van der Waals surface area contributed by atoms with E-state index >= 15 is 0 Å². The van der Waals surface area contributed by atoms with E-state index in [4.69, 9.17) is 4.74 Å². The van der Waals surface area contributed by atoms with E-state index < -0.39 is 0 Å². The van der Waals surface area contributed by atoms with Crippen LogP contribution in [0.4, 0.5) is 0 Å². The lowest BCUT2D eigenvalue weighted by molar-refractivity contribution is -0.120. The lowest BCUT2D eigenvalue weighted by Crippen LogP contribution is -2.36. The number of halogens is 1. The average Bonchev–Trinajstić information content (AvgIpc) is 2.59. The molecule has 0 atom stereocenters. The van der Waals surface area contributed by atoms with Crippen molar-refractivity contribution in [1.29, 1.82) is 0 Å². The van der Waals surface area contributed by atoms with Gasteiger partial charge in [-0.15, -0.1) is 0 Å². The predicted molar refractivity (Wildman–Crippen MR) is 98.7 cm³/mol. The van der Waals surface area contributed by atoms with Crippen molar-refractivity contribution < 1.29 is 14.3 Å². The fourth-order valence-corrected chi connectivity index (χ4v) is 2.58. The molecule has 126 valence electrons. The second kappa shape index (κ2) is 9.21. The van der Waals surface area contributed by atoms with Crippen LogP contribution in [-0.4, -0.2) is 29.9 Å². The van der Waals surface area contributed by atoms with Gasteiger partial charge < -0.3 is 15.4 Å². The number of rotatable bonds is 7. The highest BCUT2D eigenvalue weighted by atomic mass is 127. The number of nitrogens with one attached hydrogen (secondary N) is 2.